The highest BCUT2D eigenvalue weighted by Crippen LogP contribution is 2.46. The lowest BCUT2D eigenvalue weighted by Crippen LogP contribution is -2.53. The monoisotopic (exact) mass is 627 g/mol. The van der Waals surface area contributed by atoms with Gasteiger partial charge >= 0.3 is 10.2 Å². The number of carbonyl (C=O) groups excluding carboxylic acids is 1. The third kappa shape index (κ3) is 5.46. The quantitative estimate of drug-likeness (QED) is 0.428. The Balaban J connectivity index is 1.29. The summed E-state index contributed by atoms with van der Waals surface area (Å²) in [6.07, 6.45) is 8.30. The fourth-order valence-electron chi connectivity index (χ4n) is 7.70. The Labute approximate surface area is 258 Å². The number of aliphatic hydroxyl groups is 1. The molecule has 0 aromatic heterocycles. The Morgan fingerprint density at radius 2 is 2.02 bits per heavy atom. The number of ether oxygens (including phenoxy) is 2. The standard InChI is InChI=1S/C32H38ClN3O6S/c33-24-8-10-27-21(15-24)3-2-12-32(27)19-35-17-23-6-9-26(23)29(37)5-1-4-25-18-41-14-13-36(25)43(39,40)34-31(38)22-7-11-30(42-20-32)28(35)16-22/h1,5,7-8,10-11,15-16,23,25-26,29,37H,2-4,6,9,12-14,17-20H2,(H,34,38)/b5-1-/t23-,25+,26+,29-,32-/m0/s1. The first-order valence-corrected chi connectivity index (χ1v) is 17.1. The second-order valence-corrected chi connectivity index (χ2v) is 14.8. The number of halogens is 1. The van der Waals surface area contributed by atoms with E-state index in [1.165, 1.54) is 15.4 Å². The fraction of sp³-hybridized carbons (Fsp3) is 0.531. The van der Waals surface area contributed by atoms with Gasteiger partial charge in [-0.2, -0.15) is 12.7 Å². The van der Waals surface area contributed by atoms with Crippen LogP contribution in [0.25, 0.3) is 0 Å². The molecular formula is C32H38ClN3O6S. The van der Waals surface area contributed by atoms with Crippen molar-refractivity contribution in [2.24, 2.45) is 11.8 Å². The van der Waals surface area contributed by atoms with E-state index < -0.39 is 28.3 Å². The van der Waals surface area contributed by atoms with E-state index in [0.29, 0.717) is 31.9 Å². The third-order valence-electron chi connectivity index (χ3n) is 10.1. The number of benzene rings is 2. The third-order valence-corrected chi connectivity index (χ3v) is 11.9. The van der Waals surface area contributed by atoms with Crippen molar-refractivity contribution in [1.82, 2.24) is 9.03 Å². The Bertz CT molecular complexity index is 1550. The summed E-state index contributed by atoms with van der Waals surface area (Å²) >= 11 is 6.39. The number of nitrogens with one attached hydrogen (secondary N) is 1. The van der Waals surface area contributed by atoms with Gasteiger partial charge < -0.3 is 19.5 Å². The van der Waals surface area contributed by atoms with E-state index in [4.69, 9.17) is 21.1 Å². The molecule has 43 heavy (non-hydrogen) atoms. The lowest BCUT2D eigenvalue weighted by atomic mass is 9.68. The molecule has 5 aliphatic rings. The Hall–Kier alpha value is -2.63. The molecule has 2 aromatic carbocycles. The molecule has 0 unspecified atom stereocenters. The van der Waals surface area contributed by atoms with Crippen molar-refractivity contribution in [3.63, 3.8) is 0 Å². The molecule has 0 radical (unpaired) electrons. The first-order valence-electron chi connectivity index (χ1n) is 15.3. The summed E-state index contributed by atoms with van der Waals surface area (Å²) in [5.74, 6) is 0.350. The van der Waals surface area contributed by atoms with Gasteiger partial charge in [0.05, 0.1) is 37.7 Å². The van der Waals surface area contributed by atoms with E-state index in [0.717, 1.165) is 42.8 Å². The van der Waals surface area contributed by atoms with Crippen LogP contribution in [0.2, 0.25) is 5.02 Å². The second-order valence-electron chi connectivity index (χ2n) is 12.7. The van der Waals surface area contributed by atoms with Gasteiger partial charge in [-0.05, 0) is 91.8 Å². The zero-order chi connectivity index (χ0) is 29.8. The summed E-state index contributed by atoms with van der Waals surface area (Å²) < 4.78 is 42.5. The highest BCUT2D eigenvalue weighted by Gasteiger charge is 2.44. The molecular weight excluding hydrogens is 590 g/mol. The zero-order valence-electron chi connectivity index (χ0n) is 24.1. The van der Waals surface area contributed by atoms with Crippen LogP contribution in [0.4, 0.5) is 5.69 Å². The lowest BCUT2D eigenvalue weighted by molar-refractivity contribution is 0.0321. The van der Waals surface area contributed by atoms with Gasteiger partial charge in [-0.25, -0.2) is 4.72 Å². The maximum atomic E-state index is 13.5. The lowest BCUT2D eigenvalue weighted by Gasteiger charge is -2.45. The SMILES string of the molecule is O=C1NS(=O)(=O)N2CCOC[C@H]2C/C=C\[C@H](O)[C@@H]2CC[C@H]2CN2C[C@@]3(CCCc4cc(Cl)ccc43)COc3ccc1cc32. The second kappa shape index (κ2) is 11.4. The molecule has 2 aliphatic carbocycles. The number of amides is 1. The predicted molar refractivity (Wildman–Crippen MR) is 164 cm³/mol. The highest BCUT2D eigenvalue weighted by atomic mass is 35.5. The van der Waals surface area contributed by atoms with Gasteiger partial charge in [-0.1, -0.05) is 29.8 Å². The van der Waals surface area contributed by atoms with Crippen molar-refractivity contribution in [3.05, 3.63) is 70.3 Å². The minimum Gasteiger partial charge on any atom is -0.490 e. The van der Waals surface area contributed by atoms with Gasteiger partial charge in [0.15, 0.2) is 0 Å². The Morgan fingerprint density at radius 1 is 1.14 bits per heavy atom. The number of hydrogen-bond acceptors (Lipinski definition) is 7. The summed E-state index contributed by atoms with van der Waals surface area (Å²) in [4.78, 5) is 15.8. The first-order chi connectivity index (χ1) is 20.7. The van der Waals surface area contributed by atoms with Crippen LogP contribution >= 0.6 is 11.6 Å². The number of fused-ring (bicyclic) bond motifs is 5. The number of hydrogen-bond donors (Lipinski definition) is 2. The number of aryl methyl sites for hydroxylation is 1. The summed E-state index contributed by atoms with van der Waals surface area (Å²) in [6, 6.07) is 10.9. The van der Waals surface area contributed by atoms with Crippen molar-refractivity contribution >= 4 is 33.4 Å². The van der Waals surface area contributed by atoms with Gasteiger partial charge in [-0.3, -0.25) is 4.79 Å². The number of aliphatic hydroxyl groups excluding tert-OH is 1. The molecule has 1 saturated heterocycles. The topological polar surface area (TPSA) is 108 Å². The number of rotatable bonds is 0. The number of morpholine rings is 1. The molecule has 7 rings (SSSR count). The van der Waals surface area contributed by atoms with Gasteiger partial charge in [0.25, 0.3) is 5.91 Å². The van der Waals surface area contributed by atoms with Crippen LogP contribution < -0.4 is 14.4 Å². The van der Waals surface area contributed by atoms with Crippen LogP contribution in [-0.4, -0.2) is 75.3 Å². The molecule has 1 saturated carbocycles. The van der Waals surface area contributed by atoms with Crippen LogP contribution in [0, 0.1) is 11.8 Å². The summed E-state index contributed by atoms with van der Waals surface area (Å²) in [6.45, 7) is 2.50. The van der Waals surface area contributed by atoms with Crippen LogP contribution in [0.15, 0.2) is 48.6 Å². The van der Waals surface area contributed by atoms with E-state index in [-0.39, 0.29) is 42.6 Å². The molecule has 2 bridgehead atoms. The molecule has 1 amide bonds. The maximum Gasteiger partial charge on any atom is 0.304 e. The molecule has 230 valence electrons. The van der Waals surface area contributed by atoms with E-state index >= 15 is 0 Å². The van der Waals surface area contributed by atoms with Crippen LogP contribution in [0.1, 0.15) is 53.6 Å². The van der Waals surface area contributed by atoms with Crippen molar-refractivity contribution in [1.29, 1.82) is 0 Å². The number of carbonyl (C=O) groups is 1. The van der Waals surface area contributed by atoms with E-state index in [1.807, 2.05) is 12.1 Å². The highest BCUT2D eigenvalue weighted by molar-refractivity contribution is 7.87. The van der Waals surface area contributed by atoms with Gasteiger partial charge in [0.2, 0.25) is 0 Å². The first kappa shape index (κ1) is 29.1. The molecule has 2 aromatic rings. The molecule has 11 heteroatoms. The van der Waals surface area contributed by atoms with Crippen molar-refractivity contribution in [3.8, 4) is 5.75 Å². The van der Waals surface area contributed by atoms with Crippen LogP contribution in [-0.2, 0) is 26.8 Å². The van der Waals surface area contributed by atoms with Gasteiger partial charge in [0.1, 0.15) is 5.75 Å². The minimum absolute atomic E-state index is 0.0964. The smallest absolute Gasteiger partial charge is 0.304 e. The molecule has 1 spiro atoms. The van der Waals surface area contributed by atoms with Crippen LogP contribution in [0.5, 0.6) is 5.75 Å². The molecule has 2 N–H and O–H groups in total. The molecule has 5 atom stereocenters. The fourth-order valence-corrected chi connectivity index (χ4v) is 9.22. The molecule has 2 fully saturated rings. The van der Waals surface area contributed by atoms with E-state index in [2.05, 4.69) is 21.8 Å². The summed E-state index contributed by atoms with van der Waals surface area (Å²) in [7, 11) is -4.13. The van der Waals surface area contributed by atoms with Crippen molar-refractivity contribution in [2.75, 3.05) is 44.4 Å². The Morgan fingerprint density at radius 3 is 2.86 bits per heavy atom. The van der Waals surface area contributed by atoms with Gasteiger partial charge in [0, 0.05) is 35.6 Å². The maximum absolute atomic E-state index is 13.5. The largest absolute Gasteiger partial charge is 0.490 e. The normalized spacial score (nSPS) is 33.1. The predicted octanol–water partition coefficient (Wildman–Crippen LogP) is 3.84. The summed E-state index contributed by atoms with van der Waals surface area (Å²) in [5.41, 5.74) is 3.25. The van der Waals surface area contributed by atoms with Gasteiger partial charge in [-0.15, -0.1) is 0 Å². The average Bonchev–Trinajstić information content (AvgIpc) is 3.11. The molecule has 3 aliphatic heterocycles. The van der Waals surface area contributed by atoms with Crippen LogP contribution in [0.3, 0.4) is 0 Å². The van der Waals surface area contributed by atoms with Crippen molar-refractivity contribution in [2.45, 2.75) is 56.1 Å². The summed E-state index contributed by atoms with van der Waals surface area (Å²) in [5, 5.41) is 11.9. The number of nitrogens with zero attached hydrogens (tertiary/aromatic N) is 2. The average molecular weight is 628 g/mol. The minimum atomic E-state index is -4.13. The van der Waals surface area contributed by atoms with E-state index in [1.54, 1.807) is 24.3 Å². The molecule has 9 nitrogen and oxygen atoms in total. The zero-order valence-corrected chi connectivity index (χ0v) is 25.7. The Kier molecular flexibility index (Phi) is 7.70. The molecule has 3 heterocycles. The van der Waals surface area contributed by atoms with E-state index in [9.17, 15) is 18.3 Å². The number of anilines is 1. The van der Waals surface area contributed by atoms with Crippen molar-refractivity contribution < 1.29 is 27.8 Å².